The van der Waals surface area contributed by atoms with Gasteiger partial charge in [-0.2, -0.15) is 13.5 Å². The van der Waals surface area contributed by atoms with Gasteiger partial charge in [-0.05, 0) is 36.8 Å². The lowest BCUT2D eigenvalue weighted by Gasteiger charge is -2.00. The zero-order valence-corrected chi connectivity index (χ0v) is 15.0. The molecular weight excluding hydrogens is 360 g/mol. The molecule has 140 valence electrons. The third-order valence-corrected chi connectivity index (χ3v) is 3.78. The average molecular weight is 380 g/mol. The molecule has 0 aliphatic rings. The van der Waals surface area contributed by atoms with Gasteiger partial charge in [0.1, 0.15) is 5.75 Å². The van der Waals surface area contributed by atoms with Crippen molar-refractivity contribution in [1.82, 2.24) is 10.9 Å². The largest absolute Gasteiger partial charge is 0.497 e. The summed E-state index contributed by atoms with van der Waals surface area (Å²) in [5.74, 6) is 0.434. The fourth-order valence-corrected chi connectivity index (χ4v) is 2.11. The lowest BCUT2D eigenvalue weighted by Crippen LogP contribution is -2.30. The molecule has 0 saturated carbocycles. The van der Waals surface area contributed by atoms with E-state index in [2.05, 4.69) is 10.5 Å². The molecule has 0 aliphatic heterocycles. The summed E-state index contributed by atoms with van der Waals surface area (Å²) in [4.78, 5) is -0.0666. The molecule has 0 atom stereocenters. The number of aryl methyl sites for hydroxylation is 1. The molecule has 0 heterocycles. The highest BCUT2D eigenvalue weighted by Crippen LogP contribution is 2.10. The van der Waals surface area contributed by atoms with E-state index in [0.717, 1.165) is 16.9 Å². The van der Waals surface area contributed by atoms with Crippen LogP contribution in [-0.4, -0.2) is 37.5 Å². The predicted molar refractivity (Wildman–Crippen MR) is 97.4 cm³/mol. The molecule has 0 bridgehead atoms. The van der Waals surface area contributed by atoms with Gasteiger partial charge in [-0.15, -0.1) is 0 Å². The van der Waals surface area contributed by atoms with E-state index in [1.807, 2.05) is 25.1 Å². The van der Waals surface area contributed by atoms with Crippen LogP contribution >= 0.6 is 0 Å². The summed E-state index contributed by atoms with van der Waals surface area (Å²) < 4.78 is 34.6. The first-order chi connectivity index (χ1) is 12.3. The number of hydrogen-bond donors (Lipinski definition) is 5. The van der Waals surface area contributed by atoms with Crippen LogP contribution in [-0.2, 0) is 10.1 Å². The van der Waals surface area contributed by atoms with Crippen LogP contribution in [0.2, 0.25) is 0 Å². The molecule has 5 N–H and O–H groups in total. The monoisotopic (exact) mass is 380 g/mol. The molecule has 10 heteroatoms. The van der Waals surface area contributed by atoms with E-state index >= 15 is 0 Å². The topological polar surface area (TPSA) is 144 Å². The van der Waals surface area contributed by atoms with Crippen LogP contribution in [0, 0.1) is 12.3 Å². The van der Waals surface area contributed by atoms with Crippen LogP contribution in [0.5, 0.6) is 5.75 Å². The smallest absolute Gasteiger partial charge is 0.294 e. The Morgan fingerprint density at radius 3 is 2.42 bits per heavy atom. The first-order valence-electron chi connectivity index (χ1n) is 7.22. The van der Waals surface area contributed by atoms with E-state index in [1.54, 1.807) is 30.8 Å². The number of hydrogen-bond acceptors (Lipinski definition) is 6. The number of hydrazone groups is 1. The Labute approximate surface area is 151 Å². The molecule has 2 aromatic rings. The zero-order valence-electron chi connectivity index (χ0n) is 14.2. The number of nitrogens with zero attached hydrogens (tertiary/aromatic N) is 1. The van der Waals surface area contributed by atoms with Crippen molar-refractivity contribution in [2.75, 3.05) is 7.11 Å². The fraction of sp³-hybridized carbons (Fsp3) is 0.125. The predicted octanol–water partition coefficient (Wildman–Crippen LogP) is 1.77. The number of nitrogens with one attached hydrogen (secondary N) is 3. The number of ether oxygens (including phenoxy) is 1. The fourth-order valence-electron chi connectivity index (χ4n) is 1.63. The number of benzene rings is 2. The summed E-state index contributed by atoms with van der Waals surface area (Å²) in [5.41, 5.74) is 5.66. The summed E-state index contributed by atoms with van der Waals surface area (Å²) in [6, 6.07) is 13.3. The Balaban J connectivity index is 0.000000273. The number of rotatable bonds is 4. The summed E-state index contributed by atoms with van der Waals surface area (Å²) in [7, 11) is -2.44. The first-order valence-corrected chi connectivity index (χ1v) is 8.66. The number of hydroxylamine groups is 1. The summed E-state index contributed by atoms with van der Waals surface area (Å²) in [5, 5.41) is 19.0. The molecule has 0 amide bonds. The van der Waals surface area contributed by atoms with Crippen molar-refractivity contribution >= 4 is 22.3 Å². The van der Waals surface area contributed by atoms with Crippen molar-refractivity contribution in [1.29, 1.82) is 5.41 Å². The molecule has 0 spiro atoms. The van der Waals surface area contributed by atoms with Crippen molar-refractivity contribution in [2.24, 2.45) is 5.10 Å². The standard InChI is InChI=1S/C9H12N4O2.C7H8O3S/c1-15-8-4-2-3-7(5-8)6-11-12-9(10)13-14;1-6-2-4-7(5-3-6)11(8,9)10/h2-6,14H,1H3,(H3,10,12,13);2-5H,1H3,(H,8,9,10)/b11-6+;. The molecule has 26 heavy (non-hydrogen) atoms. The summed E-state index contributed by atoms with van der Waals surface area (Å²) in [6.07, 6.45) is 1.51. The van der Waals surface area contributed by atoms with E-state index in [9.17, 15) is 8.42 Å². The van der Waals surface area contributed by atoms with Gasteiger partial charge in [-0.25, -0.2) is 10.9 Å². The maximum atomic E-state index is 10.5. The minimum absolute atomic E-state index is 0.0666. The highest BCUT2D eigenvalue weighted by atomic mass is 32.2. The zero-order chi connectivity index (χ0) is 19.6. The van der Waals surface area contributed by atoms with Gasteiger partial charge in [-0.1, -0.05) is 29.8 Å². The van der Waals surface area contributed by atoms with E-state index in [-0.39, 0.29) is 10.9 Å². The van der Waals surface area contributed by atoms with E-state index in [1.165, 1.54) is 18.3 Å². The van der Waals surface area contributed by atoms with E-state index in [4.69, 9.17) is 19.9 Å². The average Bonchev–Trinajstić information content (AvgIpc) is 2.62. The quantitative estimate of drug-likeness (QED) is 0.235. The molecule has 2 aromatic carbocycles. The maximum Gasteiger partial charge on any atom is 0.294 e. The third-order valence-electron chi connectivity index (χ3n) is 2.91. The second kappa shape index (κ2) is 10.1. The van der Waals surface area contributed by atoms with Gasteiger partial charge in [0, 0.05) is 0 Å². The molecule has 0 fully saturated rings. The lowest BCUT2D eigenvalue weighted by molar-refractivity contribution is 0.228. The molecule has 0 unspecified atom stereocenters. The molecule has 0 aromatic heterocycles. The van der Waals surface area contributed by atoms with Crippen molar-refractivity contribution < 1.29 is 22.9 Å². The van der Waals surface area contributed by atoms with Crippen molar-refractivity contribution in [3.8, 4) is 5.75 Å². The Bertz CT molecular complexity index is 851. The summed E-state index contributed by atoms with van der Waals surface area (Å²) in [6.45, 7) is 1.84. The Morgan fingerprint density at radius 1 is 1.23 bits per heavy atom. The highest BCUT2D eigenvalue weighted by Gasteiger charge is 2.06. The van der Waals surface area contributed by atoms with Crippen LogP contribution in [0.15, 0.2) is 58.5 Å². The summed E-state index contributed by atoms with van der Waals surface area (Å²) >= 11 is 0. The van der Waals surface area contributed by atoms with Gasteiger partial charge < -0.3 is 4.74 Å². The minimum Gasteiger partial charge on any atom is -0.497 e. The second-order valence-electron chi connectivity index (χ2n) is 4.92. The van der Waals surface area contributed by atoms with Crippen molar-refractivity contribution in [3.05, 3.63) is 59.7 Å². The van der Waals surface area contributed by atoms with Crippen LogP contribution < -0.4 is 15.6 Å². The second-order valence-corrected chi connectivity index (χ2v) is 6.34. The molecule has 0 aliphatic carbocycles. The minimum atomic E-state index is -4.02. The van der Waals surface area contributed by atoms with Gasteiger partial charge in [0.05, 0.1) is 18.2 Å². The van der Waals surface area contributed by atoms with Gasteiger partial charge in [0.2, 0.25) is 5.96 Å². The molecule has 0 saturated heterocycles. The van der Waals surface area contributed by atoms with E-state index < -0.39 is 10.1 Å². The highest BCUT2D eigenvalue weighted by molar-refractivity contribution is 7.85. The number of methoxy groups -OCH3 is 1. The van der Waals surface area contributed by atoms with Crippen molar-refractivity contribution in [3.63, 3.8) is 0 Å². The Kier molecular flexibility index (Phi) is 8.22. The van der Waals surface area contributed by atoms with Gasteiger partial charge >= 0.3 is 0 Å². The first kappa shape index (κ1) is 21.1. The van der Waals surface area contributed by atoms with Gasteiger partial charge in [-0.3, -0.25) is 15.2 Å². The molecule has 0 radical (unpaired) electrons. The molecule has 9 nitrogen and oxygen atoms in total. The molecule has 2 rings (SSSR count). The van der Waals surface area contributed by atoms with Crippen LogP contribution in [0.3, 0.4) is 0 Å². The normalized spacial score (nSPS) is 10.6. The van der Waals surface area contributed by atoms with Crippen LogP contribution in [0.4, 0.5) is 0 Å². The Hall–Kier alpha value is -2.95. The molecular formula is C16H20N4O5S. The Morgan fingerprint density at radius 2 is 1.88 bits per heavy atom. The third kappa shape index (κ3) is 7.75. The van der Waals surface area contributed by atoms with Crippen molar-refractivity contribution in [2.45, 2.75) is 11.8 Å². The van der Waals surface area contributed by atoms with Crippen LogP contribution in [0.25, 0.3) is 0 Å². The van der Waals surface area contributed by atoms with Gasteiger partial charge in [0.15, 0.2) is 0 Å². The maximum absolute atomic E-state index is 10.5. The van der Waals surface area contributed by atoms with Crippen LogP contribution in [0.1, 0.15) is 11.1 Å². The lowest BCUT2D eigenvalue weighted by atomic mass is 10.2. The number of guanidine groups is 1. The van der Waals surface area contributed by atoms with E-state index in [0.29, 0.717) is 0 Å². The van der Waals surface area contributed by atoms with Gasteiger partial charge in [0.25, 0.3) is 10.1 Å². The SMILES string of the molecule is COc1cccc(/C=N/NC(=N)NO)c1.Cc1ccc(S(=O)(=O)O)cc1.